The third kappa shape index (κ3) is 6.32. The summed E-state index contributed by atoms with van der Waals surface area (Å²) in [5, 5.41) is 18.5. The Morgan fingerprint density at radius 2 is 1.91 bits per heavy atom. The summed E-state index contributed by atoms with van der Waals surface area (Å²) in [7, 11) is 0. The molecule has 0 aromatic carbocycles. The minimum Gasteiger partial charge on any atom is -0.391 e. The number of nitrogens with zero attached hydrogens (tertiary/aromatic N) is 1. The molecule has 0 aliphatic heterocycles. The molecule has 2 amide bonds. The van der Waals surface area contributed by atoms with Crippen molar-refractivity contribution in [3.63, 3.8) is 0 Å². The summed E-state index contributed by atoms with van der Waals surface area (Å²) >= 11 is 1.63. The predicted octanol–water partition coefficient (Wildman–Crippen LogP) is 2.69. The summed E-state index contributed by atoms with van der Waals surface area (Å²) in [5.74, 6) is 0. The number of carbonyl (C=O) groups excluding carboxylic acids is 1. The van der Waals surface area contributed by atoms with Crippen LogP contribution in [0.5, 0.6) is 0 Å². The SMILES string of the molecule is CC(C)(C)c1csc(CCNC(=O)NCC(O)C(C)(C)C)n1. The molecule has 0 spiro atoms. The molecule has 22 heavy (non-hydrogen) atoms. The van der Waals surface area contributed by atoms with Crippen molar-refractivity contribution < 1.29 is 9.90 Å². The highest BCUT2D eigenvalue weighted by Gasteiger charge is 2.22. The minimum absolute atomic E-state index is 0.0582. The van der Waals surface area contributed by atoms with Gasteiger partial charge in [-0.1, -0.05) is 41.5 Å². The number of carbonyl (C=O) groups is 1. The minimum atomic E-state index is -0.563. The van der Waals surface area contributed by atoms with Gasteiger partial charge in [0.1, 0.15) is 0 Å². The van der Waals surface area contributed by atoms with Crippen molar-refractivity contribution in [2.75, 3.05) is 13.1 Å². The highest BCUT2D eigenvalue weighted by atomic mass is 32.1. The van der Waals surface area contributed by atoms with E-state index < -0.39 is 6.10 Å². The number of amides is 2. The highest BCUT2D eigenvalue weighted by molar-refractivity contribution is 7.09. The fourth-order valence-corrected chi connectivity index (χ4v) is 2.64. The van der Waals surface area contributed by atoms with Crippen molar-refractivity contribution in [2.45, 2.75) is 59.5 Å². The molecule has 0 saturated heterocycles. The van der Waals surface area contributed by atoms with E-state index in [4.69, 9.17) is 0 Å². The molecule has 1 rings (SSSR count). The standard InChI is InChI=1S/C16H29N3O2S/c1-15(2,3)11-10-22-13(19-11)7-8-17-14(21)18-9-12(20)16(4,5)6/h10,12,20H,7-9H2,1-6H3,(H2,17,18,21). The Labute approximate surface area is 137 Å². The molecule has 1 atom stereocenters. The molecule has 126 valence electrons. The number of nitrogens with one attached hydrogen (secondary N) is 2. The first-order valence-corrected chi connectivity index (χ1v) is 8.53. The van der Waals surface area contributed by atoms with Crippen LogP contribution in [-0.2, 0) is 11.8 Å². The number of thiazole rings is 1. The molecule has 0 saturated carbocycles. The molecule has 0 aliphatic carbocycles. The monoisotopic (exact) mass is 327 g/mol. The molecule has 0 bridgehead atoms. The Balaban J connectivity index is 2.30. The van der Waals surface area contributed by atoms with Crippen LogP contribution < -0.4 is 10.6 Å². The number of rotatable bonds is 5. The molecule has 1 heterocycles. The smallest absolute Gasteiger partial charge is 0.314 e. The van der Waals surface area contributed by atoms with Gasteiger partial charge in [0.15, 0.2) is 0 Å². The number of aliphatic hydroxyl groups excluding tert-OH is 1. The Bertz CT molecular complexity index is 486. The van der Waals surface area contributed by atoms with Gasteiger partial charge in [-0.25, -0.2) is 9.78 Å². The van der Waals surface area contributed by atoms with Gasteiger partial charge >= 0.3 is 6.03 Å². The van der Waals surface area contributed by atoms with Crippen molar-refractivity contribution in [1.82, 2.24) is 15.6 Å². The lowest BCUT2D eigenvalue weighted by atomic mass is 9.89. The van der Waals surface area contributed by atoms with E-state index in [1.165, 1.54) is 0 Å². The van der Waals surface area contributed by atoms with Gasteiger partial charge in [-0.15, -0.1) is 11.3 Å². The summed E-state index contributed by atoms with van der Waals surface area (Å²) in [4.78, 5) is 16.3. The Hall–Kier alpha value is -1.14. The average Bonchev–Trinajstić information content (AvgIpc) is 2.83. The van der Waals surface area contributed by atoms with Crippen molar-refractivity contribution in [2.24, 2.45) is 5.41 Å². The van der Waals surface area contributed by atoms with Gasteiger partial charge in [0.2, 0.25) is 0 Å². The van der Waals surface area contributed by atoms with Crippen molar-refractivity contribution in [3.8, 4) is 0 Å². The van der Waals surface area contributed by atoms with Gasteiger partial charge in [0, 0.05) is 30.3 Å². The van der Waals surface area contributed by atoms with Gasteiger partial charge in [0.05, 0.1) is 16.8 Å². The zero-order valence-corrected chi connectivity index (χ0v) is 15.3. The lowest BCUT2D eigenvalue weighted by Crippen LogP contribution is -2.44. The molecule has 5 nitrogen and oxygen atoms in total. The maximum Gasteiger partial charge on any atom is 0.314 e. The van der Waals surface area contributed by atoms with Crippen LogP contribution in [0.3, 0.4) is 0 Å². The average molecular weight is 327 g/mol. The molecule has 0 aliphatic rings. The number of aromatic nitrogens is 1. The number of aliphatic hydroxyl groups is 1. The molecular formula is C16H29N3O2S. The molecule has 1 aromatic heterocycles. The van der Waals surface area contributed by atoms with Crippen LogP contribution in [0.4, 0.5) is 4.79 Å². The van der Waals surface area contributed by atoms with Crippen LogP contribution >= 0.6 is 11.3 Å². The Morgan fingerprint density at radius 1 is 1.27 bits per heavy atom. The van der Waals surface area contributed by atoms with E-state index in [-0.39, 0.29) is 23.4 Å². The van der Waals surface area contributed by atoms with Crippen LogP contribution in [0.1, 0.15) is 52.2 Å². The summed E-state index contributed by atoms with van der Waals surface area (Å²) in [6.45, 7) is 13.0. The Morgan fingerprint density at radius 3 is 2.41 bits per heavy atom. The fraction of sp³-hybridized carbons (Fsp3) is 0.750. The van der Waals surface area contributed by atoms with Gasteiger partial charge in [-0.2, -0.15) is 0 Å². The summed E-state index contributed by atoms with van der Waals surface area (Å²) in [6, 6.07) is -0.254. The van der Waals surface area contributed by atoms with Crippen LogP contribution in [0.15, 0.2) is 5.38 Å². The summed E-state index contributed by atoms with van der Waals surface area (Å²) < 4.78 is 0. The van der Waals surface area contributed by atoms with Crippen molar-refractivity contribution in [1.29, 1.82) is 0 Å². The summed E-state index contributed by atoms with van der Waals surface area (Å²) in [6.07, 6.45) is 0.155. The van der Waals surface area contributed by atoms with Crippen LogP contribution in [-0.4, -0.2) is 35.3 Å². The van der Waals surface area contributed by atoms with E-state index in [2.05, 4.69) is 41.8 Å². The van der Waals surface area contributed by atoms with E-state index in [1.54, 1.807) is 11.3 Å². The number of hydrogen-bond acceptors (Lipinski definition) is 4. The van der Waals surface area contributed by atoms with Gasteiger partial charge in [0.25, 0.3) is 0 Å². The first-order valence-electron chi connectivity index (χ1n) is 7.65. The van der Waals surface area contributed by atoms with E-state index >= 15 is 0 Å². The maximum absolute atomic E-state index is 11.7. The quantitative estimate of drug-likeness (QED) is 0.778. The zero-order chi connectivity index (χ0) is 17.0. The number of urea groups is 1. The molecule has 1 aromatic rings. The second kappa shape index (κ2) is 7.42. The normalized spacial score (nSPS) is 13.8. The van der Waals surface area contributed by atoms with E-state index in [0.29, 0.717) is 6.54 Å². The second-order valence-corrected chi connectivity index (χ2v) is 8.59. The van der Waals surface area contributed by atoms with Gasteiger partial charge in [-0.3, -0.25) is 0 Å². The van der Waals surface area contributed by atoms with E-state index in [1.807, 2.05) is 20.8 Å². The molecule has 3 N–H and O–H groups in total. The predicted molar refractivity (Wildman–Crippen MR) is 91.4 cm³/mol. The molecular weight excluding hydrogens is 298 g/mol. The Kier molecular flexibility index (Phi) is 6.38. The molecule has 1 unspecified atom stereocenters. The van der Waals surface area contributed by atoms with Crippen LogP contribution in [0, 0.1) is 5.41 Å². The first kappa shape index (κ1) is 18.9. The fourth-order valence-electron chi connectivity index (χ4n) is 1.61. The topological polar surface area (TPSA) is 74.2 Å². The maximum atomic E-state index is 11.7. The molecule has 0 radical (unpaired) electrons. The zero-order valence-electron chi connectivity index (χ0n) is 14.5. The van der Waals surface area contributed by atoms with Crippen LogP contribution in [0.25, 0.3) is 0 Å². The highest BCUT2D eigenvalue weighted by Crippen LogP contribution is 2.23. The third-order valence-corrected chi connectivity index (χ3v) is 4.31. The molecule has 0 fully saturated rings. The van der Waals surface area contributed by atoms with Crippen molar-refractivity contribution in [3.05, 3.63) is 16.1 Å². The lowest BCUT2D eigenvalue weighted by Gasteiger charge is -2.25. The summed E-state index contributed by atoms with van der Waals surface area (Å²) in [5.41, 5.74) is 0.908. The molecule has 6 heteroatoms. The largest absolute Gasteiger partial charge is 0.391 e. The van der Waals surface area contributed by atoms with Gasteiger partial charge in [-0.05, 0) is 5.41 Å². The number of hydrogen-bond donors (Lipinski definition) is 3. The van der Waals surface area contributed by atoms with E-state index in [0.717, 1.165) is 17.1 Å². The van der Waals surface area contributed by atoms with Crippen LogP contribution in [0.2, 0.25) is 0 Å². The lowest BCUT2D eigenvalue weighted by molar-refractivity contribution is 0.0650. The second-order valence-electron chi connectivity index (χ2n) is 7.65. The third-order valence-electron chi connectivity index (χ3n) is 3.40. The first-order chi connectivity index (χ1) is 10.00. The van der Waals surface area contributed by atoms with E-state index in [9.17, 15) is 9.90 Å². The van der Waals surface area contributed by atoms with Gasteiger partial charge < -0.3 is 15.7 Å². The van der Waals surface area contributed by atoms with Crippen molar-refractivity contribution >= 4 is 17.4 Å².